The number of ketones is 1. The number of methoxy groups -OCH3 is 1. The normalized spacial score (nSPS) is 21.9. The molecule has 2 atom stereocenters. The average Bonchev–Trinajstić information content (AvgIpc) is 2.53. The molecule has 0 aliphatic heterocycles. The van der Waals surface area contributed by atoms with Crippen molar-refractivity contribution in [2.75, 3.05) is 7.11 Å². The van der Waals surface area contributed by atoms with Crippen molar-refractivity contribution in [1.82, 2.24) is 0 Å². The maximum Gasteiger partial charge on any atom is 0.360 e. The van der Waals surface area contributed by atoms with Gasteiger partial charge in [0.2, 0.25) is 9.84 Å². The summed E-state index contributed by atoms with van der Waals surface area (Å²) in [7, 11) is -3.70. The molecule has 0 bridgehead atoms. The summed E-state index contributed by atoms with van der Waals surface area (Å²) in [6.45, 7) is 0. The van der Waals surface area contributed by atoms with E-state index in [1.165, 1.54) is 24.3 Å². The molecule has 1 fully saturated rings. The molecule has 1 aliphatic rings. The first-order valence-electron chi connectivity index (χ1n) is 6.92. The number of halogens is 1. The average molecular weight is 328 g/mol. The first-order valence-corrected chi connectivity index (χ1v) is 8.41. The number of hydrogen-bond acceptors (Lipinski definition) is 5. The highest BCUT2D eigenvalue weighted by molar-refractivity contribution is 7.93. The van der Waals surface area contributed by atoms with E-state index in [9.17, 15) is 18.0 Å². The fourth-order valence-electron chi connectivity index (χ4n) is 2.75. The highest BCUT2D eigenvalue weighted by Crippen LogP contribution is 2.41. The predicted octanol–water partition coefficient (Wildman–Crippen LogP) is 2.06. The first kappa shape index (κ1) is 16.6. The number of carbonyl (C=O) groups excluding carboxylic acids is 2. The van der Waals surface area contributed by atoms with E-state index < -0.39 is 26.7 Å². The van der Waals surface area contributed by atoms with E-state index in [0.717, 1.165) is 7.11 Å². The monoisotopic (exact) mass is 328 g/mol. The second-order valence-electron chi connectivity index (χ2n) is 5.29. The van der Waals surface area contributed by atoms with Crippen molar-refractivity contribution >= 4 is 21.6 Å². The Morgan fingerprint density at radius 1 is 1.32 bits per heavy atom. The predicted molar refractivity (Wildman–Crippen MR) is 76.4 cm³/mol. The van der Waals surface area contributed by atoms with Gasteiger partial charge in [-0.25, -0.2) is 17.6 Å². The van der Waals surface area contributed by atoms with Crippen molar-refractivity contribution in [3.63, 3.8) is 0 Å². The van der Waals surface area contributed by atoms with Gasteiger partial charge in [0.1, 0.15) is 5.78 Å². The molecule has 22 heavy (non-hydrogen) atoms. The van der Waals surface area contributed by atoms with Gasteiger partial charge in [-0.05, 0) is 25.0 Å². The maximum atomic E-state index is 15.5. The zero-order valence-corrected chi connectivity index (χ0v) is 12.9. The van der Waals surface area contributed by atoms with Crippen LogP contribution < -0.4 is 0 Å². The second kappa shape index (κ2) is 6.16. The smallest absolute Gasteiger partial charge is 0.360 e. The number of hydrogen-bond donors (Lipinski definition) is 0. The van der Waals surface area contributed by atoms with Crippen LogP contribution in [0.2, 0.25) is 0 Å². The molecular formula is C15H17FO5S. The molecule has 2 rings (SSSR count). The van der Waals surface area contributed by atoms with Crippen LogP contribution in [0, 0.1) is 5.92 Å². The number of sulfone groups is 1. The summed E-state index contributed by atoms with van der Waals surface area (Å²) in [5.74, 6) is -2.95. The van der Waals surface area contributed by atoms with Crippen LogP contribution in [0.3, 0.4) is 0 Å². The minimum absolute atomic E-state index is 0.142. The largest absolute Gasteiger partial charge is 0.466 e. The standard InChI is InChI=1S/C15H17FO5S/c1-21-14(18)15(16,11-6-5-7-12(17)10-11)22(19,20)13-8-3-2-4-9-13/h2-4,8-9,11H,5-7,10H2,1H3/t11?,15-/m1/s1. The fraction of sp³-hybridized carbons (Fsp3) is 0.467. The van der Waals surface area contributed by atoms with Gasteiger partial charge in [-0.1, -0.05) is 18.2 Å². The highest BCUT2D eigenvalue weighted by atomic mass is 32.2. The number of ether oxygens (including phenoxy) is 1. The Morgan fingerprint density at radius 3 is 2.50 bits per heavy atom. The molecule has 0 N–H and O–H groups in total. The van der Waals surface area contributed by atoms with E-state index in [0.29, 0.717) is 6.42 Å². The van der Waals surface area contributed by atoms with E-state index in [-0.39, 0.29) is 29.9 Å². The van der Waals surface area contributed by atoms with Crippen molar-refractivity contribution in [1.29, 1.82) is 0 Å². The summed E-state index contributed by atoms with van der Waals surface area (Å²) in [5, 5.41) is -3.25. The Labute approximate surface area is 128 Å². The Morgan fingerprint density at radius 2 is 1.95 bits per heavy atom. The van der Waals surface area contributed by atoms with Gasteiger partial charge < -0.3 is 4.74 Å². The molecule has 1 aliphatic carbocycles. The zero-order chi connectivity index (χ0) is 16.4. The van der Waals surface area contributed by atoms with Crippen molar-refractivity contribution in [3.8, 4) is 0 Å². The third-order valence-electron chi connectivity index (χ3n) is 3.92. The first-order chi connectivity index (χ1) is 10.3. The molecule has 0 spiro atoms. The van der Waals surface area contributed by atoms with Crippen molar-refractivity contribution < 1.29 is 27.1 Å². The minimum atomic E-state index is -4.63. The molecule has 0 heterocycles. The Bertz CT molecular complexity index is 670. The number of esters is 1. The van der Waals surface area contributed by atoms with Crippen LogP contribution in [0.1, 0.15) is 25.7 Å². The molecule has 1 saturated carbocycles. The van der Waals surface area contributed by atoms with Crippen LogP contribution in [0.25, 0.3) is 0 Å². The second-order valence-corrected chi connectivity index (χ2v) is 7.36. The number of carbonyl (C=O) groups is 2. The molecule has 1 aromatic carbocycles. The number of rotatable bonds is 4. The zero-order valence-electron chi connectivity index (χ0n) is 12.1. The molecular weight excluding hydrogens is 311 g/mol. The highest BCUT2D eigenvalue weighted by Gasteiger charge is 2.59. The third-order valence-corrected chi connectivity index (χ3v) is 6.09. The summed E-state index contributed by atoms with van der Waals surface area (Å²) < 4.78 is 45.2. The molecule has 0 amide bonds. The lowest BCUT2D eigenvalue weighted by molar-refractivity contribution is -0.152. The van der Waals surface area contributed by atoms with E-state index in [1.807, 2.05) is 0 Å². The summed E-state index contributed by atoms with van der Waals surface area (Å²) in [6, 6.07) is 6.91. The van der Waals surface area contributed by atoms with Gasteiger partial charge >= 0.3 is 11.0 Å². The van der Waals surface area contributed by atoms with Crippen LogP contribution in [-0.4, -0.2) is 32.3 Å². The summed E-state index contributed by atoms with van der Waals surface area (Å²) >= 11 is 0. The van der Waals surface area contributed by atoms with Gasteiger partial charge in [-0.2, -0.15) is 0 Å². The minimum Gasteiger partial charge on any atom is -0.466 e. The number of Topliss-reactive ketones (excluding diaryl/α,β-unsaturated/α-hetero) is 1. The summed E-state index contributed by atoms with van der Waals surface area (Å²) in [6.07, 6.45) is 0.497. The van der Waals surface area contributed by atoms with Crippen LogP contribution in [0.4, 0.5) is 4.39 Å². The quantitative estimate of drug-likeness (QED) is 0.791. The Kier molecular flexibility index (Phi) is 4.65. The Hall–Kier alpha value is -1.76. The molecule has 120 valence electrons. The van der Waals surface area contributed by atoms with Gasteiger partial charge in [0.15, 0.2) is 0 Å². The molecule has 0 radical (unpaired) electrons. The van der Waals surface area contributed by atoms with Gasteiger partial charge in [0.05, 0.1) is 12.0 Å². The lowest BCUT2D eigenvalue weighted by atomic mass is 9.84. The van der Waals surface area contributed by atoms with Crippen molar-refractivity contribution in [2.24, 2.45) is 5.92 Å². The molecule has 5 nitrogen and oxygen atoms in total. The van der Waals surface area contributed by atoms with Crippen LogP contribution in [0.5, 0.6) is 0 Å². The van der Waals surface area contributed by atoms with E-state index in [4.69, 9.17) is 0 Å². The number of benzene rings is 1. The van der Waals surface area contributed by atoms with E-state index in [1.54, 1.807) is 6.07 Å². The van der Waals surface area contributed by atoms with Crippen LogP contribution in [0.15, 0.2) is 35.2 Å². The van der Waals surface area contributed by atoms with Crippen LogP contribution in [-0.2, 0) is 24.2 Å². The lowest BCUT2D eigenvalue weighted by Gasteiger charge is -2.32. The van der Waals surface area contributed by atoms with Crippen LogP contribution >= 0.6 is 0 Å². The lowest BCUT2D eigenvalue weighted by Crippen LogP contribution is -2.50. The van der Waals surface area contributed by atoms with Gasteiger partial charge in [-0.3, -0.25) is 4.79 Å². The molecule has 0 aromatic heterocycles. The van der Waals surface area contributed by atoms with Gasteiger partial charge in [0.25, 0.3) is 0 Å². The van der Waals surface area contributed by atoms with E-state index >= 15 is 4.39 Å². The van der Waals surface area contributed by atoms with Crippen molar-refractivity contribution in [2.45, 2.75) is 35.6 Å². The molecule has 7 heteroatoms. The van der Waals surface area contributed by atoms with Gasteiger partial charge in [0, 0.05) is 18.8 Å². The number of alkyl halides is 1. The third kappa shape index (κ3) is 2.65. The van der Waals surface area contributed by atoms with Gasteiger partial charge in [-0.15, -0.1) is 0 Å². The van der Waals surface area contributed by atoms with Crippen molar-refractivity contribution in [3.05, 3.63) is 30.3 Å². The topological polar surface area (TPSA) is 77.5 Å². The fourth-order valence-corrected chi connectivity index (χ4v) is 4.55. The summed E-state index contributed by atoms with van der Waals surface area (Å²) in [4.78, 5) is 23.2. The molecule has 1 unspecified atom stereocenters. The maximum absolute atomic E-state index is 15.5. The summed E-state index contributed by atoms with van der Waals surface area (Å²) in [5.41, 5.74) is 0. The molecule has 0 saturated heterocycles. The van der Waals surface area contributed by atoms with E-state index in [2.05, 4.69) is 4.74 Å². The molecule has 1 aromatic rings. The SMILES string of the molecule is COC(=O)[C@@](F)(C1CCCC(=O)C1)S(=O)(=O)c1ccccc1. The Balaban J connectivity index is 2.54.